The van der Waals surface area contributed by atoms with E-state index in [-0.39, 0.29) is 11.4 Å². The van der Waals surface area contributed by atoms with E-state index in [0.29, 0.717) is 12.1 Å². The van der Waals surface area contributed by atoms with E-state index in [4.69, 9.17) is 4.74 Å². The molecule has 21 heavy (non-hydrogen) atoms. The maximum absolute atomic E-state index is 12.3. The van der Waals surface area contributed by atoms with E-state index in [1.807, 2.05) is 18.2 Å². The molecule has 0 aliphatic carbocycles. The van der Waals surface area contributed by atoms with Gasteiger partial charge < -0.3 is 10.1 Å². The molecule has 0 spiro atoms. The number of halogens is 2. The maximum Gasteiger partial charge on any atom is 0.252 e. The van der Waals surface area contributed by atoms with Gasteiger partial charge in [0.05, 0.1) is 18.8 Å². The van der Waals surface area contributed by atoms with Gasteiger partial charge in [-0.15, -0.1) is 0 Å². The Hall–Kier alpha value is -0.430. The van der Waals surface area contributed by atoms with Crippen molar-refractivity contribution in [2.24, 2.45) is 0 Å². The van der Waals surface area contributed by atoms with Gasteiger partial charge >= 0.3 is 0 Å². The fourth-order valence-corrected chi connectivity index (χ4v) is 3.13. The van der Waals surface area contributed by atoms with E-state index < -0.39 is 0 Å². The summed E-state index contributed by atoms with van der Waals surface area (Å²) in [6.07, 6.45) is 0. The first-order valence-corrected chi connectivity index (χ1v) is 8.55. The van der Waals surface area contributed by atoms with E-state index in [1.54, 1.807) is 0 Å². The predicted octanol–water partition coefficient (Wildman–Crippen LogP) is 3.05. The zero-order chi connectivity index (χ0) is 15.5. The van der Waals surface area contributed by atoms with Crippen LogP contribution in [0.3, 0.4) is 0 Å². The Morgan fingerprint density at radius 3 is 2.67 bits per heavy atom. The van der Waals surface area contributed by atoms with E-state index in [1.165, 1.54) is 0 Å². The smallest absolute Gasteiger partial charge is 0.252 e. The topological polar surface area (TPSA) is 41.6 Å². The quantitative estimate of drug-likeness (QED) is 0.815. The van der Waals surface area contributed by atoms with Gasteiger partial charge in [0.2, 0.25) is 0 Å². The van der Waals surface area contributed by atoms with Crippen LogP contribution in [0.4, 0.5) is 0 Å². The van der Waals surface area contributed by atoms with Gasteiger partial charge in [0.25, 0.3) is 5.91 Å². The van der Waals surface area contributed by atoms with Crippen LogP contribution in [0.5, 0.6) is 0 Å². The van der Waals surface area contributed by atoms with E-state index in [0.717, 1.165) is 35.2 Å². The summed E-state index contributed by atoms with van der Waals surface area (Å²) in [6, 6.07) is 5.59. The fraction of sp³-hybridized carbons (Fsp3) is 0.533. The van der Waals surface area contributed by atoms with Crippen LogP contribution < -0.4 is 5.32 Å². The van der Waals surface area contributed by atoms with Crippen molar-refractivity contribution in [2.75, 3.05) is 32.8 Å². The highest BCUT2D eigenvalue weighted by Gasteiger charge is 2.28. The second-order valence-corrected chi connectivity index (χ2v) is 7.49. The molecule has 0 saturated carbocycles. The number of amides is 1. The van der Waals surface area contributed by atoms with Crippen molar-refractivity contribution in [1.82, 2.24) is 10.2 Å². The summed E-state index contributed by atoms with van der Waals surface area (Å²) in [6.45, 7) is 8.23. The van der Waals surface area contributed by atoms with Crippen molar-refractivity contribution in [3.8, 4) is 0 Å². The molecule has 1 N–H and O–H groups in total. The average Bonchev–Trinajstić information content (AvgIpc) is 2.48. The first-order chi connectivity index (χ1) is 9.90. The molecular weight excluding hydrogens is 400 g/mol. The molecule has 1 fully saturated rings. The summed E-state index contributed by atoms with van der Waals surface area (Å²) in [5.74, 6) is -0.0653. The third kappa shape index (κ3) is 4.52. The number of benzene rings is 1. The Labute approximate surface area is 142 Å². The molecule has 0 bridgehead atoms. The number of carbonyl (C=O) groups excluding carboxylic acids is 1. The fourth-order valence-electron chi connectivity index (χ4n) is 2.34. The number of nitrogens with zero attached hydrogens (tertiary/aromatic N) is 1. The minimum Gasteiger partial charge on any atom is -0.379 e. The lowest BCUT2D eigenvalue weighted by molar-refractivity contribution is -0.00923. The van der Waals surface area contributed by atoms with Gasteiger partial charge in [0.1, 0.15) is 0 Å². The van der Waals surface area contributed by atoms with Gasteiger partial charge in [-0.05, 0) is 48.0 Å². The van der Waals surface area contributed by atoms with Crippen LogP contribution in [0.25, 0.3) is 0 Å². The average molecular weight is 420 g/mol. The monoisotopic (exact) mass is 418 g/mol. The molecule has 1 aromatic carbocycles. The first kappa shape index (κ1) is 16.9. The Morgan fingerprint density at radius 2 is 2.00 bits per heavy atom. The van der Waals surface area contributed by atoms with Crippen LogP contribution in [0.1, 0.15) is 24.2 Å². The Balaban J connectivity index is 1.98. The van der Waals surface area contributed by atoms with Crippen LogP contribution in [-0.4, -0.2) is 49.2 Å². The summed E-state index contributed by atoms with van der Waals surface area (Å²) in [5, 5.41) is 3.03. The molecule has 6 heteroatoms. The van der Waals surface area contributed by atoms with Crippen molar-refractivity contribution >= 4 is 37.8 Å². The SMILES string of the molecule is CC(C)(CNC(=O)c1cc(Br)ccc1Br)N1CCOCC1. The van der Waals surface area contributed by atoms with Gasteiger partial charge in [-0.2, -0.15) is 0 Å². The van der Waals surface area contributed by atoms with Crippen molar-refractivity contribution in [3.05, 3.63) is 32.7 Å². The zero-order valence-corrected chi connectivity index (χ0v) is 15.5. The lowest BCUT2D eigenvalue weighted by atomic mass is 10.0. The highest BCUT2D eigenvalue weighted by molar-refractivity contribution is 9.11. The molecule has 2 rings (SSSR count). The highest BCUT2D eigenvalue weighted by atomic mass is 79.9. The molecule has 0 aromatic heterocycles. The molecular formula is C15H20Br2N2O2. The lowest BCUT2D eigenvalue weighted by Crippen LogP contribution is -2.55. The first-order valence-electron chi connectivity index (χ1n) is 6.96. The third-order valence-corrected chi connectivity index (χ3v) is 4.91. The third-order valence-electron chi connectivity index (χ3n) is 3.72. The minimum atomic E-state index is -0.0854. The van der Waals surface area contributed by atoms with Gasteiger partial charge in [0.15, 0.2) is 0 Å². The van der Waals surface area contributed by atoms with Crippen molar-refractivity contribution in [2.45, 2.75) is 19.4 Å². The van der Waals surface area contributed by atoms with Gasteiger partial charge in [-0.25, -0.2) is 0 Å². The second-order valence-electron chi connectivity index (χ2n) is 5.72. The molecule has 0 unspecified atom stereocenters. The molecule has 1 heterocycles. The highest BCUT2D eigenvalue weighted by Crippen LogP contribution is 2.22. The van der Waals surface area contributed by atoms with E-state index in [2.05, 4.69) is 55.9 Å². The van der Waals surface area contributed by atoms with Crippen molar-refractivity contribution in [1.29, 1.82) is 0 Å². The Kier molecular flexibility index (Phi) is 5.82. The van der Waals surface area contributed by atoms with Gasteiger partial charge in [-0.3, -0.25) is 9.69 Å². The summed E-state index contributed by atoms with van der Waals surface area (Å²) in [7, 11) is 0. The normalized spacial score (nSPS) is 16.8. The number of morpholine rings is 1. The number of carbonyl (C=O) groups is 1. The molecule has 4 nitrogen and oxygen atoms in total. The Morgan fingerprint density at radius 1 is 1.33 bits per heavy atom. The standard InChI is InChI=1S/C15H20Br2N2O2/c1-15(2,19-5-7-21-8-6-19)10-18-14(20)12-9-11(16)3-4-13(12)17/h3-4,9H,5-8,10H2,1-2H3,(H,18,20). The number of rotatable bonds is 4. The summed E-state index contributed by atoms with van der Waals surface area (Å²) in [5.41, 5.74) is 0.555. The molecule has 1 aliphatic heterocycles. The van der Waals surface area contributed by atoms with Crippen LogP contribution in [0, 0.1) is 0 Å². The van der Waals surface area contributed by atoms with Gasteiger partial charge in [0, 0.05) is 34.1 Å². The molecule has 1 saturated heterocycles. The summed E-state index contributed by atoms with van der Waals surface area (Å²) >= 11 is 6.81. The van der Waals surface area contributed by atoms with E-state index in [9.17, 15) is 4.79 Å². The van der Waals surface area contributed by atoms with Crippen molar-refractivity contribution < 1.29 is 9.53 Å². The molecule has 1 aromatic rings. The van der Waals surface area contributed by atoms with Gasteiger partial charge in [-0.1, -0.05) is 15.9 Å². The molecule has 1 amide bonds. The summed E-state index contributed by atoms with van der Waals surface area (Å²) in [4.78, 5) is 14.7. The number of nitrogens with one attached hydrogen (secondary N) is 1. The second kappa shape index (κ2) is 7.22. The number of ether oxygens (including phenoxy) is 1. The summed E-state index contributed by atoms with van der Waals surface area (Å²) < 4.78 is 7.07. The molecule has 0 atom stereocenters. The van der Waals surface area contributed by atoms with Crippen LogP contribution in [-0.2, 0) is 4.74 Å². The Bertz CT molecular complexity index is 514. The molecule has 1 aliphatic rings. The van der Waals surface area contributed by atoms with Crippen molar-refractivity contribution in [3.63, 3.8) is 0 Å². The maximum atomic E-state index is 12.3. The molecule has 0 radical (unpaired) electrons. The number of hydrogen-bond donors (Lipinski definition) is 1. The predicted molar refractivity (Wildman–Crippen MR) is 90.6 cm³/mol. The molecule has 116 valence electrons. The largest absolute Gasteiger partial charge is 0.379 e. The van der Waals surface area contributed by atoms with Crippen LogP contribution in [0.2, 0.25) is 0 Å². The lowest BCUT2D eigenvalue weighted by Gasteiger charge is -2.40. The zero-order valence-electron chi connectivity index (χ0n) is 12.3. The minimum absolute atomic E-state index is 0.0653. The number of hydrogen-bond acceptors (Lipinski definition) is 3. The van der Waals surface area contributed by atoms with Crippen LogP contribution >= 0.6 is 31.9 Å². The van der Waals surface area contributed by atoms with E-state index >= 15 is 0 Å². The van der Waals surface area contributed by atoms with Crippen LogP contribution in [0.15, 0.2) is 27.1 Å².